The van der Waals surface area contributed by atoms with Gasteiger partial charge in [0.1, 0.15) is 17.5 Å². The fourth-order valence-corrected chi connectivity index (χ4v) is 3.63. The van der Waals surface area contributed by atoms with E-state index >= 15 is 0 Å². The molecule has 180 valence electrons. The summed E-state index contributed by atoms with van der Waals surface area (Å²) in [7, 11) is 0. The van der Waals surface area contributed by atoms with Crippen molar-refractivity contribution in [2.24, 2.45) is 5.92 Å². The first-order valence-electron chi connectivity index (χ1n) is 10.9. The lowest BCUT2D eigenvalue weighted by atomic mass is 10.1. The summed E-state index contributed by atoms with van der Waals surface area (Å²) >= 11 is 0. The standard InChI is InChI=1S/C24H24F3N3O4/c1-15(2)14-32-18-9-5-17(6-10-18)22-28-23(34-29-22)20-11-12-21(31)30(20)13-16-3-7-19(8-4-16)33-24(25,26)27/h3-10,15,20H,11-14H2,1-2H3. The van der Waals surface area contributed by atoms with Crippen molar-refractivity contribution < 1.29 is 32.0 Å². The number of ether oxygens (including phenoxy) is 2. The molecule has 1 aliphatic heterocycles. The molecule has 0 N–H and O–H groups in total. The van der Waals surface area contributed by atoms with Crippen molar-refractivity contribution in [3.05, 3.63) is 60.0 Å². The molecule has 0 radical (unpaired) electrons. The maximum atomic E-state index is 12.5. The summed E-state index contributed by atoms with van der Waals surface area (Å²) in [5.41, 5.74) is 1.41. The number of likely N-dealkylation sites (tertiary alicyclic amines) is 1. The van der Waals surface area contributed by atoms with Crippen LogP contribution in [0.4, 0.5) is 13.2 Å². The molecule has 4 rings (SSSR count). The lowest BCUT2D eigenvalue weighted by Crippen LogP contribution is -2.27. The number of amides is 1. The molecule has 0 saturated carbocycles. The van der Waals surface area contributed by atoms with Gasteiger partial charge < -0.3 is 18.9 Å². The van der Waals surface area contributed by atoms with Gasteiger partial charge in [0.25, 0.3) is 0 Å². The Balaban J connectivity index is 1.44. The van der Waals surface area contributed by atoms with Crippen LogP contribution in [0, 0.1) is 5.92 Å². The Morgan fingerprint density at radius 2 is 1.76 bits per heavy atom. The van der Waals surface area contributed by atoms with Crippen molar-refractivity contribution in [1.82, 2.24) is 15.0 Å². The fourth-order valence-electron chi connectivity index (χ4n) is 3.63. The van der Waals surface area contributed by atoms with E-state index in [1.54, 1.807) is 4.90 Å². The number of halogens is 3. The fraction of sp³-hybridized carbons (Fsp3) is 0.375. The quantitative estimate of drug-likeness (QED) is 0.426. The number of hydrogen-bond donors (Lipinski definition) is 0. The molecular formula is C24H24F3N3O4. The number of carbonyl (C=O) groups is 1. The lowest BCUT2D eigenvalue weighted by Gasteiger charge is -2.22. The normalized spacial score (nSPS) is 16.4. The van der Waals surface area contributed by atoms with Gasteiger partial charge >= 0.3 is 6.36 Å². The van der Waals surface area contributed by atoms with Gasteiger partial charge in [-0.2, -0.15) is 4.98 Å². The Morgan fingerprint density at radius 3 is 2.41 bits per heavy atom. The molecule has 7 nitrogen and oxygen atoms in total. The molecule has 1 atom stereocenters. The van der Waals surface area contributed by atoms with Gasteiger partial charge in [0.2, 0.25) is 17.6 Å². The molecule has 3 aromatic rings. The van der Waals surface area contributed by atoms with E-state index in [2.05, 4.69) is 28.7 Å². The van der Waals surface area contributed by atoms with Crippen LogP contribution in [0.15, 0.2) is 53.1 Å². The van der Waals surface area contributed by atoms with E-state index in [4.69, 9.17) is 9.26 Å². The summed E-state index contributed by atoms with van der Waals surface area (Å²) in [5, 5.41) is 4.06. The smallest absolute Gasteiger partial charge is 0.493 e. The van der Waals surface area contributed by atoms with Crippen LogP contribution < -0.4 is 9.47 Å². The highest BCUT2D eigenvalue weighted by Crippen LogP contribution is 2.34. The average molecular weight is 475 g/mol. The zero-order chi connectivity index (χ0) is 24.3. The zero-order valence-electron chi connectivity index (χ0n) is 18.7. The van der Waals surface area contributed by atoms with Gasteiger partial charge in [-0.3, -0.25) is 4.79 Å². The molecule has 34 heavy (non-hydrogen) atoms. The van der Waals surface area contributed by atoms with Gasteiger partial charge in [-0.1, -0.05) is 31.1 Å². The van der Waals surface area contributed by atoms with E-state index in [1.165, 1.54) is 24.3 Å². The third-order valence-electron chi connectivity index (χ3n) is 5.26. The molecular weight excluding hydrogens is 451 g/mol. The van der Waals surface area contributed by atoms with Crippen molar-refractivity contribution in [2.45, 2.75) is 45.6 Å². The molecule has 1 aliphatic rings. The molecule has 2 aromatic carbocycles. The molecule has 10 heteroatoms. The van der Waals surface area contributed by atoms with Crippen LogP contribution in [0.5, 0.6) is 11.5 Å². The number of carbonyl (C=O) groups excluding carboxylic acids is 1. The number of alkyl halides is 3. The topological polar surface area (TPSA) is 77.7 Å². The molecule has 0 aliphatic carbocycles. The second-order valence-electron chi connectivity index (χ2n) is 8.45. The summed E-state index contributed by atoms with van der Waals surface area (Å²) in [6.07, 6.45) is -3.92. The van der Waals surface area contributed by atoms with E-state index in [1.807, 2.05) is 24.3 Å². The second-order valence-corrected chi connectivity index (χ2v) is 8.45. The van der Waals surface area contributed by atoms with Gasteiger partial charge in [0.15, 0.2) is 0 Å². The molecule has 0 spiro atoms. The Kier molecular flexibility index (Phi) is 6.76. The average Bonchev–Trinajstić information content (AvgIpc) is 3.40. The minimum atomic E-state index is -4.76. The van der Waals surface area contributed by atoms with Gasteiger partial charge in [0.05, 0.1) is 6.61 Å². The van der Waals surface area contributed by atoms with E-state index in [-0.39, 0.29) is 18.2 Å². The van der Waals surface area contributed by atoms with Crippen LogP contribution in [0.3, 0.4) is 0 Å². The number of aromatic nitrogens is 2. The summed E-state index contributed by atoms with van der Waals surface area (Å²) in [6, 6.07) is 12.4. The third kappa shape index (κ3) is 5.86. The highest BCUT2D eigenvalue weighted by Gasteiger charge is 2.36. The number of nitrogens with zero attached hydrogens (tertiary/aromatic N) is 3. The minimum absolute atomic E-state index is 0.0907. The Morgan fingerprint density at radius 1 is 1.09 bits per heavy atom. The van der Waals surface area contributed by atoms with E-state index < -0.39 is 12.4 Å². The van der Waals surface area contributed by atoms with Crippen LogP contribution in [-0.2, 0) is 11.3 Å². The maximum absolute atomic E-state index is 12.5. The van der Waals surface area contributed by atoms with Gasteiger partial charge in [0, 0.05) is 18.5 Å². The SMILES string of the molecule is CC(C)COc1ccc(-c2noc(C3CCC(=O)N3Cc3ccc(OC(F)(F)F)cc3)n2)cc1. The first kappa shape index (κ1) is 23.6. The van der Waals surface area contributed by atoms with Crippen molar-refractivity contribution in [3.8, 4) is 22.9 Å². The predicted octanol–water partition coefficient (Wildman–Crippen LogP) is 5.53. The first-order chi connectivity index (χ1) is 16.2. The number of hydrogen-bond acceptors (Lipinski definition) is 6. The van der Waals surface area contributed by atoms with Crippen LogP contribution >= 0.6 is 0 Å². The van der Waals surface area contributed by atoms with Crippen LogP contribution in [0.1, 0.15) is 44.2 Å². The van der Waals surface area contributed by atoms with Crippen LogP contribution in [-0.4, -0.2) is 33.9 Å². The highest BCUT2D eigenvalue weighted by molar-refractivity contribution is 5.78. The maximum Gasteiger partial charge on any atom is 0.573 e. The van der Waals surface area contributed by atoms with Crippen molar-refractivity contribution in [3.63, 3.8) is 0 Å². The lowest BCUT2D eigenvalue weighted by molar-refractivity contribution is -0.274. The second kappa shape index (κ2) is 9.74. The van der Waals surface area contributed by atoms with E-state index in [0.717, 1.165) is 11.3 Å². The monoisotopic (exact) mass is 475 g/mol. The van der Waals surface area contributed by atoms with Crippen molar-refractivity contribution in [1.29, 1.82) is 0 Å². The molecule has 1 unspecified atom stereocenters. The number of rotatable bonds is 8. The minimum Gasteiger partial charge on any atom is -0.493 e. The highest BCUT2D eigenvalue weighted by atomic mass is 19.4. The van der Waals surface area contributed by atoms with Gasteiger partial charge in [-0.25, -0.2) is 0 Å². The Hall–Kier alpha value is -3.56. The van der Waals surface area contributed by atoms with Crippen molar-refractivity contribution >= 4 is 5.91 Å². The third-order valence-corrected chi connectivity index (χ3v) is 5.26. The molecule has 2 heterocycles. The van der Waals surface area contributed by atoms with Crippen LogP contribution in [0.2, 0.25) is 0 Å². The molecule has 1 fully saturated rings. The zero-order valence-corrected chi connectivity index (χ0v) is 18.7. The summed E-state index contributed by atoms with van der Waals surface area (Å²) in [4.78, 5) is 18.6. The molecule has 0 bridgehead atoms. The largest absolute Gasteiger partial charge is 0.573 e. The summed E-state index contributed by atoms with van der Waals surface area (Å²) in [5.74, 6) is 1.48. The number of benzene rings is 2. The van der Waals surface area contributed by atoms with E-state index in [9.17, 15) is 18.0 Å². The summed E-state index contributed by atoms with van der Waals surface area (Å²) in [6.45, 7) is 4.97. The van der Waals surface area contributed by atoms with Gasteiger partial charge in [-0.15, -0.1) is 13.2 Å². The van der Waals surface area contributed by atoms with Gasteiger partial charge in [-0.05, 0) is 54.3 Å². The molecule has 1 aromatic heterocycles. The van der Waals surface area contributed by atoms with Crippen LogP contribution in [0.25, 0.3) is 11.4 Å². The Labute approximate surface area is 194 Å². The summed E-state index contributed by atoms with van der Waals surface area (Å²) < 4.78 is 52.1. The Bertz CT molecular complexity index is 1110. The van der Waals surface area contributed by atoms with E-state index in [0.29, 0.717) is 42.6 Å². The van der Waals surface area contributed by atoms with Crippen molar-refractivity contribution in [2.75, 3.05) is 6.61 Å². The first-order valence-corrected chi connectivity index (χ1v) is 10.9. The predicted molar refractivity (Wildman–Crippen MR) is 116 cm³/mol. The molecule has 1 saturated heterocycles. The molecule has 1 amide bonds.